The third kappa shape index (κ3) is 6.86. The lowest BCUT2D eigenvalue weighted by Crippen LogP contribution is -2.55. The zero-order valence-corrected chi connectivity index (χ0v) is 21.1. The second-order valence-electron chi connectivity index (χ2n) is 7.58. The van der Waals surface area contributed by atoms with E-state index in [4.69, 9.17) is 14.2 Å². The average Bonchev–Trinajstić information content (AvgIpc) is 3.33. The minimum atomic E-state index is -0.231. The van der Waals surface area contributed by atoms with Gasteiger partial charge in [0.05, 0.1) is 14.2 Å². The van der Waals surface area contributed by atoms with Crippen LogP contribution in [0.4, 0.5) is 0 Å². The Balaban J connectivity index is 0.00000341. The normalized spacial score (nSPS) is 19.1. The van der Waals surface area contributed by atoms with Gasteiger partial charge in [0.2, 0.25) is 0 Å². The number of carbonyl (C=O) groups is 1. The van der Waals surface area contributed by atoms with Crippen LogP contribution in [0.1, 0.15) is 24.8 Å². The standard InChI is InChI=1S/C22H34N4O4.HI/c1-23-22(24-10-4-6-17-8-9-18(28-2)20(16-17)29-3)26-13-11-25(12-14-26)21(27)19-7-5-15-30-19;/h8-9,16,19H,4-7,10-15H2,1-3H3,(H,23,24);1H. The number of hydrogen-bond acceptors (Lipinski definition) is 5. The molecule has 1 unspecified atom stereocenters. The van der Waals surface area contributed by atoms with Crippen molar-refractivity contribution in [2.45, 2.75) is 31.8 Å². The van der Waals surface area contributed by atoms with E-state index >= 15 is 0 Å². The van der Waals surface area contributed by atoms with Gasteiger partial charge in [0.25, 0.3) is 5.91 Å². The van der Waals surface area contributed by atoms with E-state index in [1.807, 2.05) is 17.0 Å². The van der Waals surface area contributed by atoms with Crippen molar-refractivity contribution in [1.29, 1.82) is 0 Å². The second-order valence-corrected chi connectivity index (χ2v) is 7.58. The molecule has 1 aromatic carbocycles. The molecule has 0 aromatic heterocycles. The minimum Gasteiger partial charge on any atom is -0.493 e. The number of halogens is 1. The third-order valence-electron chi connectivity index (χ3n) is 5.68. The number of guanidine groups is 1. The molecule has 2 aliphatic rings. The summed E-state index contributed by atoms with van der Waals surface area (Å²) in [5.41, 5.74) is 1.21. The Morgan fingerprint density at radius 2 is 1.87 bits per heavy atom. The quantitative estimate of drug-likeness (QED) is 0.245. The summed E-state index contributed by atoms with van der Waals surface area (Å²) in [5, 5.41) is 3.45. The molecule has 31 heavy (non-hydrogen) atoms. The molecule has 0 saturated carbocycles. The van der Waals surface area contributed by atoms with Gasteiger partial charge in [-0.2, -0.15) is 0 Å². The average molecular weight is 546 g/mol. The number of amides is 1. The summed E-state index contributed by atoms with van der Waals surface area (Å²) in [7, 11) is 5.10. The van der Waals surface area contributed by atoms with E-state index < -0.39 is 0 Å². The van der Waals surface area contributed by atoms with E-state index in [1.54, 1.807) is 21.3 Å². The van der Waals surface area contributed by atoms with Crippen LogP contribution < -0.4 is 14.8 Å². The smallest absolute Gasteiger partial charge is 0.251 e. The number of carbonyl (C=O) groups excluding carboxylic acids is 1. The van der Waals surface area contributed by atoms with Gasteiger partial charge >= 0.3 is 0 Å². The topological polar surface area (TPSA) is 75.6 Å². The molecule has 1 atom stereocenters. The third-order valence-corrected chi connectivity index (χ3v) is 5.68. The number of aliphatic imine (C=N–C) groups is 1. The molecule has 2 fully saturated rings. The highest BCUT2D eigenvalue weighted by Crippen LogP contribution is 2.27. The van der Waals surface area contributed by atoms with Crippen LogP contribution in [0.2, 0.25) is 0 Å². The maximum Gasteiger partial charge on any atom is 0.251 e. The number of benzene rings is 1. The number of piperazine rings is 1. The highest BCUT2D eigenvalue weighted by atomic mass is 127. The van der Waals surface area contributed by atoms with Gasteiger partial charge in [0, 0.05) is 46.4 Å². The summed E-state index contributed by atoms with van der Waals surface area (Å²) in [6.45, 7) is 4.53. The lowest BCUT2D eigenvalue weighted by molar-refractivity contribution is -0.142. The minimum absolute atomic E-state index is 0. The first-order valence-electron chi connectivity index (χ1n) is 10.7. The van der Waals surface area contributed by atoms with Gasteiger partial charge in [-0.3, -0.25) is 9.79 Å². The van der Waals surface area contributed by atoms with Crippen molar-refractivity contribution < 1.29 is 19.0 Å². The first kappa shape index (κ1) is 25.5. The fourth-order valence-corrected chi connectivity index (χ4v) is 3.98. The summed E-state index contributed by atoms with van der Waals surface area (Å²) in [5.74, 6) is 2.54. The van der Waals surface area contributed by atoms with Gasteiger partial charge < -0.3 is 29.3 Å². The molecule has 2 heterocycles. The monoisotopic (exact) mass is 546 g/mol. The zero-order valence-electron chi connectivity index (χ0n) is 18.8. The highest BCUT2D eigenvalue weighted by molar-refractivity contribution is 14.0. The van der Waals surface area contributed by atoms with Crippen LogP contribution in [-0.4, -0.2) is 88.4 Å². The molecular formula is C22H35IN4O4. The molecule has 3 rings (SSSR count). The SMILES string of the molecule is CN=C(NCCCc1ccc(OC)c(OC)c1)N1CCN(C(=O)C2CCCO2)CC1.I. The Bertz CT molecular complexity index is 732. The number of methoxy groups -OCH3 is 2. The summed E-state index contributed by atoms with van der Waals surface area (Å²) in [4.78, 5) is 21.1. The fraction of sp³-hybridized carbons (Fsp3) is 0.636. The molecule has 0 aliphatic carbocycles. The van der Waals surface area contributed by atoms with Crippen molar-refractivity contribution in [2.24, 2.45) is 4.99 Å². The first-order chi connectivity index (χ1) is 14.7. The molecule has 0 bridgehead atoms. The van der Waals surface area contributed by atoms with Gasteiger partial charge in [-0.05, 0) is 43.4 Å². The molecule has 174 valence electrons. The summed E-state index contributed by atoms with van der Waals surface area (Å²) in [6, 6.07) is 6.04. The van der Waals surface area contributed by atoms with Crippen molar-refractivity contribution >= 4 is 35.8 Å². The van der Waals surface area contributed by atoms with Crippen molar-refractivity contribution in [3.8, 4) is 11.5 Å². The molecular weight excluding hydrogens is 511 g/mol. The lowest BCUT2D eigenvalue weighted by Gasteiger charge is -2.37. The summed E-state index contributed by atoms with van der Waals surface area (Å²) < 4.78 is 16.2. The summed E-state index contributed by atoms with van der Waals surface area (Å²) in [6.07, 6.45) is 3.52. The largest absolute Gasteiger partial charge is 0.493 e. The number of hydrogen-bond donors (Lipinski definition) is 1. The van der Waals surface area contributed by atoms with Crippen molar-refractivity contribution in [3.63, 3.8) is 0 Å². The molecule has 1 N–H and O–H groups in total. The van der Waals surface area contributed by atoms with Crippen LogP contribution in [0.3, 0.4) is 0 Å². The number of ether oxygens (including phenoxy) is 3. The summed E-state index contributed by atoms with van der Waals surface area (Å²) >= 11 is 0. The Labute approximate surface area is 202 Å². The van der Waals surface area contributed by atoms with Crippen LogP contribution in [0.5, 0.6) is 11.5 Å². The van der Waals surface area contributed by atoms with Crippen LogP contribution >= 0.6 is 24.0 Å². The van der Waals surface area contributed by atoms with E-state index in [1.165, 1.54) is 5.56 Å². The number of rotatable bonds is 7. The van der Waals surface area contributed by atoms with E-state index in [-0.39, 0.29) is 36.0 Å². The number of nitrogens with zero attached hydrogens (tertiary/aromatic N) is 3. The molecule has 0 radical (unpaired) electrons. The van der Waals surface area contributed by atoms with Crippen LogP contribution in [0, 0.1) is 0 Å². The Hall–Kier alpha value is -1.75. The van der Waals surface area contributed by atoms with Gasteiger partial charge in [-0.25, -0.2) is 0 Å². The van der Waals surface area contributed by atoms with Crippen LogP contribution in [0.25, 0.3) is 0 Å². The van der Waals surface area contributed by atoms with Gasteiger partial charge in [0.15, 0.2) is 17.5 Å². The first-order valence-corrected chi connectivity index (χ1v) is 10.7. The van der Waals surface area contributed by atoms with Crippen molar-refractivity contribution in [2.75, 3.05) is 60.6 Å². The van der Waals surface area contributed by atoms with Crippen LogP contribution in [0.15, 0.2) is 23.2 Å². The lowest BCUT2D eigenvalue weighted by atomic mass is 10.1. The Morgan fingerprint density at radius 1 is 1.16 bits per heavy atom. The van der Waals surface area contributed by atoms with E-state index in [2.05, 4.69) is 21.3 Å². The van der Waals surface area contributed by atoms with E-state index in [9.17, 15) is 4.79 Å². The molecule has 0 spiro atoms. The van der Waals surface area contributed by atoms with Crippen molar-refractivity contribution in [1.82, 2.24) is 15.1 Å². The Kier molecular flexibility index (Phi) is 10.7. The highest BCUT2D eigenvalue weighted by Gasteiger charge is 2.30. The molecule has 9 heteroatoms. The maximum atomic E-state index is 12.5. The van der Waals surface area contributed by atoms with Crippen LogP contribution in [-0.2, 0) is 16.0 Å². The predicted molar refractivity (Wildman–Crippen MR) is 132 cm³/mol. The molecule has 2 aliphatic heterocycles. The van der Waals surface area contributed by atoms with Gasteiger partial charge in [-0.15, -0.1) is 24.0 Å². The van der Waals surface area contributed by atoms with Gasteiger partial charge in [-0.1, -0.05) is 6.07 Å². The van der Waals surface area contributed by atoms with E-state index in [0.717, 1.165) is 62.8 Å². The maximum absolute atomic E-state index is 12.5. The number of nitrogens with one attached hydrogen (secondary N) is 1. The fourth-order valence-electron chi connectivity index (χ4n) is 3.98. The second kappa shape index (κ2) is 12.9. The molecule has 1 aromatic rings. The van der Waals surface area contributed by atoms with Crippen molar-refractivity contribution in [3.05, 3.63) is 23.8 Å². The molecule has 2 saturated heterocycles. The Morgan fingerprint density at radius 3 is 2.48 bits per heavy atom. The molecule has 8 nitrogen and oxygen atoms in total. The number of aryl methyl sites for hydroxylation is 1. The zero-order chi connectivity index (χ0) is 21.3. The molecule has 1 amide bonds. The predicted octanol–water partition coefficient (Wildman–Crippen LogP) is 2.15. The van der Waals surface area contributed by atoms with E-state index in [0.29, 0.717) is 19.7 Å². The van der Waals surface area contributed by atoms with Gasteiger partial charge in [0.1, 0.15) is 6.10 Å².